The van der Waals surface area contributed by atoms with Gasteiger partial charge in [-0.1, -0.05) is 0 Å². The van der Waals surface area contributed by atoms with Crippen LogP contribution >= 0.6 is 11.3 Å². The van der Waals surface area contributed by atoms with E-state index in [0.717, 1.165) is 22.1 Å². The van der Waals surface area contributed by atoms with E-state index in [9.17, 15) is 5.11 Å². The van der Waals surface area contributed by atoms with Gasteiger partial charge in [0.2, 0.25) is 0 Å². The van der Waals surface area contributed by atoms with E-state index < -0.39 is 0 Å². The van der Waals surface area contributed by atoms with Crippen molar-refractivity contribution in [2.75, 3.05) is 20.2 Å². The lowest BCUT2D eigenvalue weighted by molar-refractivity contribution is 0.178. The molecule has 0 radical (unpaired) electrons. The first kappa shape index (κ1) is 12.0. The summed E-state index contributed by atoms with van der Waals surface area (Å²) < 4.78 is 5.07. The number of likely N-dealkylation sites (tertiary alicyclic amines) is 1. The van der Waals surface area contributed by atoms with Crippen LogP contribution in [0.3, 0.4) is 0 Å². The molecule has 2 heterocycles. The number of rotatable bonds is 5. The zero-order valence-corrected chi connectivity index (χ0v) is 10.4. The summed E-state index contributed by atoms with van der Waals surface area (Å²) in [7, 11) is 1.65. The minimum Gasteiger partial charge on any atom is -0.391 e. The highest BCUT2D eigenvalue weighted by atomic mass is 32.1. The molecule has 1 saturated heterocycles. The van der Waals surface area contributed by atoms with E-state index in [4.69, 9.17) is 4.74 Å². The minimum atomic E-state index is 0.0658. The maximum Gasteiger partial charge on any atom is 0.107 e. The predicted molar refractivity (Wildman–Crippen MR) is 63.3 cm³/mol. The van der Waals surface area contributed by atoms with Crippen LogP contribution in [0.2, 0.25) is 0 Å². The number of ether oxygens (including phenoxy) is 1. The number of methoxy groups -OCH3 is 1. The van der Waals surface area contributed by atoms with E-state index in [1.54, 1.807) is 18.4 Å². The predicted octanol–water partition coefficient (Wildman–Crippen LogP) is 1.38. The molecule has 5 heteroatoms. The summed E-state index contributed by atoms with van der Waals surface area (Å²) in [4.78, 5) is 7.88. The van der Waals surface area contributed by atoms with Crippen LogP contribution < -0.4 is 0 Å². The monoisotopic (exact) mass is 242 g/mol. The molecule has 16 heavy (non-hydrogen) atoms. The van der Waals surface area contributed by atoms with Crippen molar-refractivity contribution >= 4 is 11.3 Å². The molecule has 0 saturated carbocycles. The normalized spacial score (nSPS) is 17.1. The smallest absolute Gasteiger partial charge is 0.107 e. The van der Waals surface area contributed by atoms with Crippen molar-refractivity contribution in [3.05, 3.63) is 15.6 Å². The van der Waals surface area contributed by atoms with Crippen molar-refractivity contribution < 1.29 is 9.84 Å². The largest absolute Gasteiger partial charge is 0.391 e. The van der Waals surface area contributed by atoms with E-state index in [0.29, 0.717) is 6.61 Å². The van der Waals surface area contributed by atoms with Gasteiger partial charge in [0.05, 0.1) is 30.3 Å². The van der Waals surface area contributed by atoms with E-state index in [1.807, 2.05) is 0 Å². The van der Waals surface area contributed by atoms with Crippen LogP contribution in [0.15, 0.2) is 0 Å². The molecule has 0 aliphatic carbocycles. The third kappa shape index (κ3) is 2.79. The summed E-state index contributed by atoms with van der Waals surface area (Å²) in [6.45, 7) is 3.82. The first-order valence-corrected chi connectivity index (χ1v) is 6.44. The molecule has 1 aliphatic heterocycles. The third-order valence-corrected chi connectivity index (χ3v) is 3.87. The Balaban J connectivity index is 2.02. The van der Waals surface area contributed by atoms with Crippen LogP contribution in [0.25, 0.3) is 0 Å². The first-order chi connectivity index (χ1) is 7.83. The standard InChI is InChI=1S/C11H18N2O2S/c1-15-8-9-10(7-14)16-11(12-9)6-13-4-2-3-5-13/h14H,2-8H2,1H3. The molecule has 1 N–H and O–H groups in total. The van der Waals surface area contributed by atoms with E-state index >= 15 is 0 Å². The van der Waals surface area contributed by atoms with Gasteiger partial charge in [-0.2, -0.15) is 0 Å². The Bertz CT molecular complexity index is 335. The average molecular weight is 242 g/mol. The number of aromatic nitrogens is 1. The lowest BCUT2D eigenvalue weighted by atomic mass is 10.4. The highest BCUT2D eigenvalue weighted by Gasteiger charge is 2.16. The van der Waals surface area contributed by atoms with Gasteiger partial charge in [-0.15, -0.1) is 11.3 Å². The van der Waals surface area contributed by atoms with Crippen molar-refractivity contribution in [1.82, 2.24) is 9.88 Å². The topological polar surface area (TPSA) is 45.6 Å². The maximum absolute atomic E-state index is 9.22. The van der Waals surface area contributed by atoms with Gasteiger partial charge in [-0.3, -0.25) is 4.90 Å². The third-order valence-electron chi connectivity index (χ3n) is 2.80. The molecule has 0 unspecified atom stereocenters. The van der Waals surface area contributed by atoms with Gasteiger partial charge in [-0.05, 0) is 25.9 Å². The van der Waals surface area contributed by atoms with Crippen molar-refractivity contribution in [3.8, 4) is 0 Å². The van der Waals surface area contributed by atoms with Gasteiger partial charge in [0, 0.05) is 7.11 Å². The Morgan fingerprint density at radius 1 is 1.44 bits per heavy atom. The Morgan fingerprint density at radius 2 is 2.19 bits per heavy atom. The molecule has 4 nitrogen and oxygen atoms in total. The van der Waals surface area contributed by atoms with Gasteiger partial charge < -0.3 is 9.84 Å². The fraction of sp³-hybridized carbons (Fsp3) is 0.727. The van der Waals surface area contributed by atoms with Gasteiger partial charge in [0.15, 0.2) is 0 Å². The second-order valence-electron chi connectivity index (χ2n) is 4.05. The first-order valence-electron chi connectivity index (χ1n) is 5.63. The van der Waals surface area contributed by atoms with Crippen LogP contribution in [0, 0.1) is 0 Å². The van der Waals surface area contributed by atoms with Gasteiger partial charge >= 0.3 is 0 Å². The molecule has 0 spiro atoms. The average Bonchev–Trinajstić information content (AvgIpc) is 2.89. The number of thiazole rings is 1. The molecule has 0 bridgehead atoms. The Kier molecular flexibility index (Phi) is 4.29. The molecule has 1 aromatic heterocycles. The zero-order chi connectivity index (χ0) is 11.4. The number of nitrogens with zero attached hydrogens (tertiary/aromatic N) is 2. The highest BCUT2D eigenvalue weighted by molar-refractivity contribution is 7.11. The van der Waals surface area contributed by atoms with Gasteiger partial charge in [-0.25, -0.2) is 4.98 Å². The highest BCUT2D eigenvalue weighted by Crippen LogP contribution is 2.22. The number of hydrogen-bond donors (Lipinski definition) is 1. The van der Waals surface area contributed by atoms with E-state index in [1.165, 1.54) is 25.9 Å². The van der Waals surface area contributed by atoms with E-state index in [-0.39, 0.29) is 6.61 Å². The summed E-state index contributed by atoms with van der Waals surface area (Å²) in [5, 5.41) is 10.3. The van der Waals surface area contributed by atoms with Gasteiger partial charge in [0.25, 0.3) is 0 Å². The Labute approximate surface area is 99.9 Å². The molecule has 0 amide bonds. The molecular formula is C11H18N2O2S. The SMILES string of the molecule is COCc1nc(CN2CCCC2)sc1CO. The van der Waals surface area contributed by atoms with Crippen molar-refractivity contribution in [3.63, 3.8) is 0 Å². The fourth-order valence-electron chi connectivity index (χ4n) is 2.01. The summed E-state index contributed by atoms with van der Waals surface area (Å²) in [5.74, 6) is 0. The lowest BCUT2D eigenvalue weighted by Gasteiger charge is -2.11. The zero-order valence-electron chi connectivity index (χ0n) is 9.61. The molecule has 2 rings (SSSR count). The molecule has 0 atom stereocenters. The number of aliphatic hydroxyl groups is 1. The van der Waals surface area contributed by atoms with Crippen LogP contribution in [-0.2, 0) is 24.5 Å². The lowest BCUT2D eigenvalue weighted by Crippen LogP contribution is -2.18. The fourth-order valence-corrected chi connectivity index (χ4v) is 2.98. The van der Waals surface area contributed by atoms with Crippen LogP contribution in [0.1, 0.15) is 28.4 Å². The number of hydrogen-bond acceptors (Lipinski definition) is 5. The van der Waals surface area contributed by atoms with Crippen LogP contribution in [0.4, 0.5) is 0 Å². The summed E-state index contributed by atoms with van der Waals surface area (Å²) in [6, 6.07) is 0. The molecule has 90 valence electrons. The van der Waals surface area contributed by atoms with Crippen LogP contribution in [0.5, 0.6) is 0 Å². The van der Waals surface area contributed by atoms with Crippen molar-refractivity contribution in [1.29, 1.82) is 0 Å². The van der Waals surface area contributed by atoms with Crippen molar-refractivity contribution in [2.24, 2.45) is 0 Å². The number of aliphatic hydroxyl groups excluding tert-OH is 1. The molecule has 1 aromatic rings. The molecule has 0 aromatic carbocycles. The summed E-state index contributed by atoms with van der Waals surface area (Å²) in [6.07, 6.45) is 2.59. The summed E-state index contributed by atoms with van der Waals surface area (Å²) in [5.41, 5.74) is 0.893. The quantitative estimate of drug-likeness (QED) is 0.847. The van der Waals surface area contributed by atoms with Crippen LogP contribution in [-0.4, -0.2) is 35.2 Å². The van der Waals surface area contributed by atoms with Gasteiger partial charge in [0.1, 0.15) is 5.01 Å². The molecule has 1 aliphatic rings. The second-order valence-corrected chi connectivity index (χ2v) is 5.22. The Morgan fingerprint density at radius 3 is 2.81 bits per heavy atom. The Hall–Kier alpha value is -0.490. The second kappa shape index (κ2) is 5.72. The summed E-state index contributed by atoms with van der Waals surface area (Å²) >= 11 is 1.60. The maximum atomic E-state index is 9.22. The minimum absolute atomic E-state index is 0.0658. The van der Waals surface area contributed by atoms with Crippen molar-refractivity contribution in [2.45, 2.75) is 32.6 Å². The molecule has 1 fully saturated rings. The molecular weight excluding hydrogens is 224 g/mol. The van der Waals surface area contributed by atoms with E-state index in [2.05, 4.69) is 9.88 Å².